The summed E-state index contributed by atoms with van der Waals surface area (Å²) < 4.78 is 0. The number of aromatic amines is 1. The van der Waals surface area contributed by atoms with Gasteiger partial charge in [0, 0.05) is 24.4 Å². The van der Waals surface area contributed by atoms with Crippen LogP contribution in [-0.2, 0) is 6.42 Å². The van der Waals surface area contributed by atoms with E-state index in [9.17, 15) is 5.11 Å². The summed E-state index contributed by atoms with van der Waals surface area (Å²) in [4.78, 5) is 4.05. The van der Waals surface area contributed by atoms with Crippen LogP contribution >= 0.6 is 0 Å². The molecule has 0 saturated heterocycles. The van der Waals surface area contributed by atoms with Crippen LogP contribution in [0, 0.1) is 0 Å². The Morgan fingerprint density at radius 3 is 2.80 bits per heavy atom. The number of tetrazole rings is 1. The maximum Gasteiger partial charge on any atom is 0.205 e. The molecule has 0 saturated carbocycles. The molecule has 6 heteroatoms. The van der Waals surface area contributed by atoms with E-state index in [2.05, 4.69) is 25.6 Å². The van der Waals surface area contributed by atoms with E-state index < -0.39 is 6.10 Å². The van der Waals surface area contributed by atoms with E-state index in [1.165, 1.54) is 0 Å². The van der Waals surface area contributed by atoms with Gasteiger partial charge in [0.05, 0.1) is 6.10 Å². The number of H-pyrrole nitrogens is 1. The number of pyridine rings is 1. The highest BCUT2D eigenvalue weighted by Gasteiger charge is 2.16. The molecule has 0 radical (unpaired) electrons. The lowest BCUT2D eigenvalue weighted by atomic mass is 9.97. The van der Waals surface area contributed by atoms with Gasteiger partial charge in [-0.3, -0.25) is 4.98 Å². The van der Waals surface area contributed by atoms with Crippen LogP contribution in [0.15, 0.2) is 48.8 Å². The third-order valence-electron chi connectivity index (χ3n) is 3.06. The van der Waals surface area contributed by atoms with Crippen molar-refractivity contribution in [2.24, 2.45) is 0 Å². The highest BCUT2D eigenvalue weighted by molar-refractivity contribution is 5.60. The first-order chi connectivity index (χ1) is 9.84. The minimum Gasteiger partial charge on any atom is -0.388 e. The number of aromatic nitrogens is 5. The van der Waals surface area contributed by atoms with Gasteiger partial charge < -0.3 is 5.11 Å². The summed E-state index contributed by atoms with van der Waals surface area (Å²) in [6.45, 7) is 0. The lowest BCUT2D eigenvalue weighted by molar-refractivity contribution is 0.179. The molecule has 100 valence electrons. The second kappa shape index (κ2) is 5.58. The molecule has 0 aliphatic carbocycles. The van der Waals surface area contributed by atoms with Gasteiger partial charge in [0.2, 0.25) is 5.82 Å². The molecule has 1 atom stereocenters. The summed E-state index contributed by atoms with van der Waals surface area (Å²) in [6, 6.07) is 11.3. The van der Waals surface area contributed by atoms with Crippen molar-refractivity contribution in [2.75, 3.05) is 0 Å². The number of aliphatic hydroxyl groups excluding tert-OH is 1. The fraction of sp³-hybridized carbons (Fsp3) is 0.143. The molecule has 3 rings (SSSR count). The Hall–Kier alpha value is -2.60. The molecular weight excluding hydrogens is 254 g/mol. The average Bonchev–Trinajstić information content (AvgIpc) is 3.02. The lowest BCUT2D eigenvalue weighted by Gasteiger charge is -2.13. The Morgan fingerprint density at radius 1 is 1.15 bits per heavy atom. The Balaban J connectivity index is 1.90. The summed E-state index contributed by atoms with van der Waals surface area (Å²) >= 11 is 0. The Morgan fingerprint density at radius 2 is 2.05 bits per heavy atom. The van der Waals surface area contributed by atoms with Gasteiger partial charge in [0.25, 0.3) is 0 Å². The number of benzene rings is 1. The molecular formula is C14H13N5O. The number of aliphatic hydroxyl groups is 1. The minimum atomic E-state index is -0.645. The van der Waals surface area contributed by atoms with Gasteiger partial charge in [0.1, 0.15) is 0 Å². The third kappa shape index (κ3) is 2.55. The molecule has 2 aromatic heterocycles. The van der Waals surface area contributed by atoms with Crippen molar-refractivity contribution in [3.8, 4) is 11.4 Å². The monoisotopic (exact) mass is 267 g/mol. The smallest absolute Gasteiger partial charge is 0.205 e. The highest BCUT2D eigenvalue weighted by Crippen LogP contribution is 2.27. The van der Waals surface area contributed by atoms with E-state index in [1.54, 1.807) is 12.4 Å². The maximum absolute atomic E-state index is 10.4. The Bertz CT molecular complexity index is 669. The van der Waals surface area contributed by atoms with Crippen molar-refractivity contribution < 1.29 is 5.11 Å². The zero-order valence-electron chi connectivity index (χ0n) is 10.6. The minimum absolute atomic E-state index is 0.478. The molecule has 1 aromatic carbocycles. The molecule has 2 N–H and O–H groups in total. The van der Waals surface area contributed by atoms with E-state index in [4.69, 9.17) is 0 Å². The average molecular weight is 267 g/mol. The van der Waals surface area contributed by atoms with E-state index >= 15 is 0 Å². The van der Waals surface area contributed by atoms with Gasteiger partial charge in [-0.25, -0.2) is 0 Å². The molecule has 0 spiro atoms. The number of nitrogens with zero attached hydrogens (tertiary/aromatic N) is 4. The van der Waals surface area contributed by atoms with E-state index in [0.29, 0.717) is 12.2 Å². The standard InChI is InChI=1S/C14H13N5O/c20-13(8-10-4-3-7-15-9-10)11-5-1-2-6-12(11)14-16-18-19-17-14/h1-7,9,13,20H,8H2,(H,16,17,18,19). The summed E-state index contributed by atoms with van der Waals surface area (Å²) in [7, 11) is 0. The Kier molecular flexibility index (Phi) is 3.47. The summed E-state index contributed by atoms with van der Waals surface area (Å²) in [5.41, 5.74) is 2.53. The zero-order valence-corrected chi connectivity index (χ0v) is 10.6. The van der Waals surface area contributed by atoms with Gasteiger partial charge in [0.15, 0.2) is 0 Å². The fourth-order valence-electron chi connectivity index (χ4n) is 2.12. The van der Waals surface area contributed by atoms with Crippen LogP contribution < -0.4 is 0 Å². The number of hydrogen-bond acceptors (Lipinski definition) is 5. The second-order valence-electron chi connectivity index (χ2n) is 4.40. The molecule has 0 bridgehead atoms. The van der Waals surface area contributed by atoms with Crippen molar-refractivity contribution in [3.63, 3.8) is 0 Å². The molecule has 0 aliphatic heterocycles. The lowest BCUT2D eigenvalue weighted by Crippen LogP contribution is -2.04. The van der Waals surface area contributed by atoms with Gasteiger partial charge in [-0.15, -0.1) is 10.2 Å². The van der Waals surface area contributed by atoms with E-state index in [1.807, 2.05) is 36.4 Å². The third-order valence-corrected chi connectivity index (χ3v) is 3.06. The van der Waals surface area contributed by atoms with E-state index in [0.717, 1.165) is 16.7 Å². The molecule has 6 nitrogen and oxygen atoms in total. The van der Waals surface area contributed by atoms with Crippen molar-refractivity contribution in [1.29, 1.82) is 0 Å². The first-order valence-corrected chi connectivity index (χ1v) is 6.24. The molecule has 20 heavy (non-hydrogen) atoms. The highest BCUT2D eigenvalue weighted by atomic mass is 16.3. The van der Waals surface area contributed by atoms with Crippen LogP contribution in [-0.4, -0.2) is 30.7 Å². The van der Waals surface area contributed by atoms with E-state index in [-0.39, 0.29) is 0 Å². The summed E-state index contributed by atoms with van der Waals surface area (Å²) in [5, 5.41) is 24.3. The normalized spacial score (nSPS) is 12.2. The van der Waals surface area contributed by atoms with Crippen LogP contribution in [0.4, 0.5) is 0 Å². The SMILES string of the molecule is OC(Cc1cccnc1)c1ccccc1-c1nn[nH]n1. The first kappa shape index (κ1) is 12.4. The molecule has 0 aliphatic rings. The van der Waals surface area contributed by atoms with Gasteiger partial charge in [-0.2, -0.15) is 5.21 Å². The summed E-state index contributed by atoms with van der Waals surface area (Å²) in [6.07, 6.45) is 3.31. The molecule has 0 fully saturated rings. The van der Waals surface area contributed by atoms with Crippen molar-refractivity contribution in [2.45, 2.75) is 12.5 Å². The predicted octanol–water partition coefficient (Wildman–Crippen LogP) is 1.54. The largest absolute Gasteiger partial charge is 0.388 e. The van der Waals surface area contributed by atoms with Gasteiger partial charge in [-0.1, -0.05) is 30.3 Å². The second-order valence-corrected chi connectivity index (χ2v) is 4.40. The van der Waals surface area contributed by atoms with Crippen LogP contribution in [0.25, 0.3) is 11.4 Å². The molecule has 2 heterocycles. The predicted molar refractivity (Wildman–Crippen MR) is 72.5 cm³/mol. The molecule has 1 unspecified atom stereocenters. The molecule has 3 aromatic rings. The Labute approximate surface area is 115 Å². The quantitative estimate of drug-likeness (QED) is 0.748. The van der Waals surface area contributed by atoms with Crippen molar-refractivity contribution in [1.82, 2.24) is 25.6 Å². The number of rotatable bonds is 4. The van der Waals surface area contributed by atoms with Crippen LogP contribution in [0.1, 0.15) is 17.2 Å². The van der Waals surface area contributed by atoms with Crippen molar-refractivity contribution in [3.05, 3.63) is 59.9 Å². The van der Waals surface area contributed by atoms with Crippen LogP contribution in [0.2, 0.25) is 0 Å². The zero-order chi connectivity index (χ0) is 13.8. The fourth-order valence-corrected chi connectivity index (χ4v) is 2.12. The topological polar surface area (TPSA) is 87.6 Å². The van der Waals surface area contributed by atoms with Crippen LogP contribution in [0.3, 0.4) is 0 Å². The van der Waals surface area contributed by atoms with Gasteiger partial charge >= 0.3 is 0 Å². The number of nitrogens with one attached hydrogen (secondary N) is 1. The van der Waals surface area contributed by atoms with Crippen molar-refractivity contribution >= 4 is 0 Å². The summed E-state index contributed by atoms with van der Waals surface area (Å²) in [5.74, 6) is 0.478. The first-order valence-electron chi connectivity index (χ1n) is 6.24. The van der Waals surface area contributed by atoms with Gasteiger partial charge in [-0.05, 0) is 22.4 Å². The number of hydrogen-bond donors (Lipinski definition) is 2. The maximum atomic E-state index is 10.4. The molecule has 0 amide bonds. The van der Waals surface area contributed by atoms with Crippen LogP contribution in [0.5, 0.6) is 0 Å².